The highest BCUT2D eigenvalue weighted by atomic mass is 16.4. The van der Waals surface area contributed by atoms with E-state index in [2.05, 4.69) is 19.1 Å². The van der Waals surface area contributed by atoms with Crippen molar-refractivity contribution in [1.29, 1.82) is 0 Å². The Kier molecular flexibility index (Phi) is 11.0. The molecule has 0 saturated heterocycles. The van der Waals surface area contributed by atoms with E-state index in [1.54, 1.807) is 12.2 Å². The molecular formula is C22H30O4. The molecule has 4 heteroatoms. The Morgan fingerprint density at radius 3 is 2.69 bits per heavy atom. The van der Waals surface area contributed by atoms with E-state index in [0.29, 0.717) is 12.8 Å². The molecular weight excluding hydrogens is 328 g/mol. The number of carboxylic acids is 1. The monoisotopic (exact) mass is 358 g/mol. The van der Waals surface area contributed by atoms with Gasteiger partial charge in [0.05, 0.1) is 6.10 Å². The number of aliphatic carboxylic acids is 1. The molecule has 0 radical (unpaired) electrons. The first-order valence-electron chi connectivity index (χ1n) is 9.29. The molecule has 0 aromatic rings. The first-order valence-corrected chi connectivity index (χ1v) is 9.29. The molecule has 2 N–H and O–H groups in total. The van der Waals surface area contributed by atoms with Crippen LogP contribution in [0.4, 0.5) is 0 Å². The summed E-state index contributed by atoms with van der Waals surface area (Å²) in [6, 6.07) is 0. The molecule has 1 aliphatic carbocycles. The normalized spacial score (nSPS) is 21.8. The lowest BCUT2D eigenvalue weighted by atomic mass is 9.90. The van der Waals surface area contributed by atoms with Crippen molar-refractivity contribution in [2.24, 2.45) is 11.8 Å². The summed E-state index contributed by atoms with van der Waals surface area (Å²) in [5.74, 6) is -0.625. The first-order chi connectivity index (χ1) is 12.5. The molecule has 4 nitrogen and oxygen atoms in total. The van der Waals surface area contributed by atoms with Gasteiger partial charge >= 0.3 is 5.97 Å². The summed E-state index contributed by atoms with van der Waals surface area (Å²) in [5.41, 5.74) is 0. The minimum atomic E-state index is -0.789. The van der Waals surface area contributed by atoms with Gasteiger partial charge in [0.25, 0.3) is 0 Å². The number of hydrogen-bond donors (Lipinski definition) is 2. The summed E-state index contributed by atoms with van der Waals surface area (Å²) < 4.78 is 0. The van der Waals surface area contributed by atoms with E-state index in [-0.39, 0.29) is 24.0 Å². The molecule has 0 fully saturated rings. The van der Waals surface area contributed by atoms with Crippen molar-refractivity contribution in [2.45, 2.75) is 51.6 Å². The quantitative estimate of drug-likeness (QED) is 0.507. The van der Waals surface area contributed by atoms with Gasteiger partial charge in [-0.3, -0.25) is 9.59 Å². The topological polar surface area (TPSA) is 74.6 Å². The highest BCUT2D eigenvalue weighted by Crippen LogP contribution is 2.27. The van der Waals surface area contributed by atoms with Gasteiger partial charge in [-0.1, -0.05) is 61.6 Å². The van der Waals surface area contributed by atoms with Crippen LogP contribution in [0.15, 0.2) is 60.8 Å². The van der Waals surface area contributed by atoms with E-state index in [1.807, 2.05) is 36.5 Å². The third-order valence-electron chi connectivity index (χ3n) is 4.17. The van der Waals surface area contributed by atoms with Gasteiger partial charge in [-0.2, -0.15) is 0 Å². The Hall–Kier alpha value is -2.20. The average Bonchev–Trinajstić information content (AvgIpc) is 2.95. The zero-order valence-corrected chi connectivity index (χ0v) is 15.5. The third-order valence-corrected chi connectivity index (χ3v) is 4.17. The van der Waals surface area contributed by atoms with Crippen LogP contribution >= 0.6 is 0 Å². The fourth-order valence-corrected chi connectivity index (χ4v) is 2.70. The zero-order valence-electron chi connectivity index (χ0n) is 15.5. The SMILES string of the molecule is CC/C=C\C[C@@H]1C(=O)C=C[C@H]1/C=C/[C@@H](O)C/C=C\C/C=C\CCC(=O)O. The summed E-state index contributed by atoms with van der Waals surface area (Å²) in [5, 5.41) is 18.6. The largest absolute Gasteiger partial charge is 0.481 e. The summed E-state index contributed by atoms with van der Waals surface area (Å²) in [6.07, 6.45) is 22.1. The number of hydrogen-bond acceptors (Lipinski definition) is 3. The number of aliphatic hydroxyl groups is 1. The van der Waals surface area contributed by atoms with Gasteiger partial charge in [0.15, 0.2) is 5.78 Å². The molecule has 0 aliphatic heterocycles. The Morgan fingerprint density at radius 1 is 1.19 bits per heavy atom. The van der Waals surface area contributed by atoms with Gasteiger partial charge in [-0.25, -0.2) is 0 Å². The molecule has 26 heavy (non-hydrogen) atoms. The fourth-order valence-electron chi connectivity index (χ4n) is 2.70. The molecule has 3 atom stereocenters. The lowest BCUT2D eigenvalue weighted by molar-refractivity contribution is -0.136. The van der Waals surface area contributed by atoms with Gasteiger partial charge in [-0.05, 0) is 38.2 Å². The lowest BCUT2D eigenvalue weighted by Gasteiger charge is -2.13. The fraction of sp³-hybridized carbons (Fsp3) is 0.455. The van der Waals surface area contributed by atoms with Gasteiger partial charge in [0, 0.05) is 18.3 Å². The molecule has 142 valence electrons. The van der Waals surface area contributed by atoms with Crippen molar-refractivity contribution in [3.63, 3.8) is 0 Å². The molecule has 1 rings (SSSR count). The van der Waals surface area contributed by atoms with Crippen molar-refractivity contribution < 1.29 is 19.8 Å². The summed E-state index contributed by atoms with van der Waals surface area (Å²) in [6.45, 7) is 2.07. The number of carboxylic acid groups (broad SMARTS) is 1. The Bertz CT molecular complexity index is 581. The lowest BCUT2D eigenvalue weighted by Crippen LogP contribution is -2.14. The number of aliphatic hydroxyl groups excluding tert-OH is 1. The van der Waals surface area contributed by atoms with Crippen molar-refractivity contribution in [2.75, 3.05) is 0 Å². The van der Waals surface area contributed by atoms with Crippen LogP contribution in [0.25, 0.3) is 0 Å². The second-order valence-corrected chi connectivity index (χ2v) is 6.36. The highest BCUT2D eigenvalue weighted by molar-refractivity contribution is 5.95. The minimum Gasteiger partial charge on any atom is -0.481 e. The standard InChI is InChI=1S/C22H30O4/c1-2-3-8-12-20-18(15-17-21(20)24)14-16-19(23)11-9-6-4-5-7-10-13-22(25)26/h3,5-9,14-20,23H,2,4,10-13H2,1H3,(H,25,26)/b7-5-,8-3-,9-6-,16-14+/t18-,19+,20+/m1/s1. The average molecular weight is 358 g/mol. The zero-order chi connectivity index (χ0) is 19.2. The van der Waals surface area contributed by atoms with E-state index in [0.717, 1.165) is 19.3 Å². The van der Waals surface area contributed by atoms with Crippen LogP contribution in [0.5, 0.6) is 0 Å². The van der Waals surface area contributed by atoms with Crippen molar-refractivity contribution >= 4 is 11.8 Å². The summed E-state index contributed by atoms with van der Waals surface area (Å²) in [7, 11) is 0. The maximum absolute atomic E-state index is 11.9. The maximum Gasteiger partial charge on any atom is 0.303 e. The molecule has 0 amide bonds. The van der Waals surface area contributed by atoms with E-state index in [9.17, 15) is 14.7 Å². The van der Waals surface area contributed by atoms with Crippen LogP contribution in [0.3, 0.4) is 0 Å². The molecule has 0 heterocycles. The van der Waals surface area contributed by atoms with Gasteiger partial charge in [-0.15, -0.1) is 0 Å². The molecule has 0 aromatic carbocycles. The predicted octanol–water partition coefficient (Wildman–Crippen LogP) is 4.39. The van der Waals surface area contributed by atoms with E-state index < -0.39 is 12.1 Å². The third kappa shape index (κ3) is 9.33. The number of carbonyl (C=O) groups is 2. The molecule has 0 saturated carbocycles. The van der Waals surface area contributed by atoms with Crippen molar-refractivity contribution in [1.82, 2.24) is 0 Å². The molecule has 0 bridgehead atoms. The van der Waals surface area contributed by atoms with Crippen molar-refractivity contribution in [3.05, 3.63) is 60.8 Å². The smallest absolute Gasteiger partial charge is 0.303 e. The molecule has 0 unspecified atom stereocenters. The van der Waals surface area contributed by atoms with E-state index in [4.69, 9.17) is 5.11 Å². The number of ketones is 1. The van der Waals surface area contributed by atoms with E-state index in [1.165, 1.54) is 0 Å². The van der Waals surface area contributed by atoms with Gasteiger partial charge < -0.3 is 10.2 Å². The van der Waals surface area contributed by atoms with Crippen LogP contribution in [0.2, 0.25) is 0 Å². The van der Waals surface area contributed by atoms with Crippen LogP contribution < -0.4 is 0 Å². The van der Waals surface area contributed by atoms with Gasteiger partial charge in [0.2, 0.25) is 0 Å². The van der Waals surface area contributed by atoms with Crippen LogP contribution in [-0.4, -0.2) is 28.1 Å². The maximum atomic E-state index is 11.9. The molecule has 0 spiro atoms. The number of carbonyl (C=O) groups excluding carboxylic acids is 1. The highest BCUT2D eigenvalue weighted by Gasteiger charge is 2.26. The molecule has 1 aliphatic rings. The second kappa shape index (κ2) is 13.1. The Labute approximate surface area is 156 Å². The Morgan fingerprint density at radius 2 is 1.96 bits per heavy atom. The van der Waals surface area contributed by atoms with Gasteiger partial charge in [0.1, 0.15) is 0 Å². The second-order valence-electron chi connectivity index (χ2n) is 6.36. The summed E-state index contributed by atoms with van der Waals surface area (Å²) >= 11 is 0. The van der Waals surface area contributed by atoms with E-state index >= 15 is 0 Å². The minimum absolute atomic E-state index is 0.0484. The van der Waals surface area contributed by atoms with Crippen LogP contribution in [-0.2, 0) is 9.59 Å². The van der Waals surface area contributed by atoms with Crippen LogP contribution in [0, 0.1) is 11.8 Å². The molecule has 0 aromatic heterocycles. The predicted molar refractivity (Wildman–Crippen MR) is 105 cm³/mol. The number of allylic oxidation sites excluding steroid dienone is 8. The summed E-state index contributed by atoms with van der Waals surface area (Å²) in [4.78, 5) is 22.3. The Balaban J connectivity index is 2.32. The van der Waals surface area contributed by atoms with Crippen molar-refractivity contribution in [3.8, 4) is 0 Å². The van der Waals surface area contributed by atoms with Crippen LogP contribution in [0.1, 0.15) is 45.4 Å². The number of rotatable bonds is 12. The first kappa shape index (κ1) is 21.8.